The molecule has 1 heterocycles. The Morgan fingerprint density at radius 3 is 2.75 bits per heavy atom. The summed E-state index contributed by atoms with van der Waals surface area (Å²) in [4.78, 5) is 14.8. The molecule has 0 saturated heterocycles. The fraction of sp³-hybridized carbons (Fsp3) is 0. The maximum Gasteiger partial charge on any atom is 0.150 e. The molecule has 0 spiro atoms. The molecular weight excluding hydrogens is 245 g/mol. The quantitative estimate of drug-likeness (QED) is 0.759. The van der Waals surface area contributed by atoms with Crippen LogP contribution in [-0.4, -0.2) is 11.3 Å². The highest BCUT2D eigenvalue weighted by Crippen LogP contribution is 2.32. The molecule has 1 aromatic heterocycles. The minimum atomic E-state index is 0.444. The van der Waals surface area contributed by atoms with Gasteiger partial charge in [-0.1, -0.05) is 35.3 Å². The van der Waals surface area contributed by atoms with E-state index in [1.807, 2.05) is 6.07 Å². The van der Waals surface area contributed by atoms with Gasteiger partial charge < -0.3 is 0 Å². The summed E-state index contributed by atoms with van der Waals surface area (Å²) >= 11 is 12.0. The highest BCUT2D eigenvalue weighted by molar-refractivity contribution is 6.43. The number of nitrogens with zero attached hydrogens (tertiary/aromatic N) is 1. The van der Waals surface area contributed by atoms with Crippen LogP contribution in [0.15, 0.2) is 36.5 Å². The SMILES string of the molecule is O=Cc1ccnc(-c2cccc(Cl)c2Cl)c1. The number of hydrogen-bond donors (Lipinski definition) is 0. The summed E-state index contributed by atoms with van der Waals surface area (Å²) < 4.78 is 0. The maximum atomic E-state index is 10.7. The van der Waals surface area contributed by atoms with Crippen molar-refractivity contribution in [3.05, 3.63) is 52.1 Å². The minimum Gasteiger partial charge on any atom is -0.298 e. The summed E-state index contributed by atoms with van der Waals surface area (Å²) in [5.41, 5.74) is 1.91. The van der Waals surface area contributed by atoms with Crippen molar-refractivity contribution in [2.75, 3.05) is 0 Å². The second kappa shape index (κ2) is 4.64. The lowest BCUT2D eigenvalue weighted by Crippen LogP contribution is -1.88. The topological polar surface area (TPSA) is 30.0 Å². The number of aromatic nitrogens is 1. The molecule has 0 saturated carbocycles. The molecule has 0 N–H and O–H groups in total. The summed E-state index contributed by atoms with van der Waals surface area (Å²) in [6, 6.07) is 8.61. The van der Waals surface area contributed by atoms with Crippen LogP contribution in [-0.2, 0) is 0 Å². The van der Waals surface area contributed by atoms with Crippen molar-refractivity contribution in [1.82, 2.24) is 4.98 Å². The van der Waals surface area contributed by atoms with E-state index in [9.17, 15) is 4.79 Å². The molecule has 0 aliphatic rings. The molecule has 0 unspecified atom stereocenters. The lowest BCUT2D eigenvalue weighted by molar-refractivity contribution is 0.112. The first-order valence-corrected chi connectivity index (χ1v) is 5.33. The van der Waals surface area contributed by atoms with Gasteiger partial charge in [-0.25, -0.2) is 0 Å². The van der Waals surface area contributed by atoms with E-state index in [0.29, 0.717) is 21.3 Å². The van der Waals surface area contributed by atoms with Gasteiger partial charge >= 0.3 is 0 Å². The smallest absolute Gasteiger partial charge is 0.150 e. The van der Waals surface area contributed by atoms with Crippen molar-refractivity contribution in [3.63, 3.8) is 0 Å². The summed E-state index contributed by atoms with van der Waals surface area (Å²) in [5, 5.41) is 0.914. The molecule has 2 aromatic rings. The molecule has 0 aliphatic carbocycles. The van der Waals surface area contributed by atoms with Crippen LogP contribution < -0.4 is 0 Å². The molecule has 0 fully saturated rings. The monoisotopic (exact) mass is 251 g/mol. The predicted molar refractivity (Wildman–Crippen MR) is 65.1 cm³/mol. The maximum absolute atomic E-state index is 10.7. The fourth-order valence-corrected chi connectivity index (χ4v) is 1.77. The number of hydrogen-bond acceptors (Lipinski definition) is 2. The number of carbonyl (C=O) groups excluding carboxylic acids is 1. The largest absolute Gasteiger partial charge is 0.298 e. The van der Waals surface area contributed by atoms with Gasteiger partial charge in [0.15, 0.2) is 0 Å². The Hall–Kier alpha value is -1.38. The second-order valence-corrected chi connectivity index (χ2v) is 3.98. The van der Waals surface area contributed by atoms with Gasteiger partial charge in [0.25, 0.3) is 0 Å². The van der Waals surface area contributed by atoms with Crippen LogP contribution in [0.4, 0.5) is 0 Å². The molecule has 1 aromatic carbocycles. The van der Waals surface area contributed by atoms with Crippen molar-refractivity contribution < 1.29 is 4.79 Å². The Morgan fingerprint density at radius 2 is 2.00 bits per heavy atom. The summed E-state index contributed by atoms with van der Waals surface area (Å²) in [5.74, 6) is 0. The zero-order valence-corrected chi connectivity index (χ0v) is 9.66. The molecular formula is C12H7Cl2NO. The van der Waals surface area contributed by atoms with Crippen LogP contribution in [0.3, 0.4) is 0 Å². The van der Waals surface area contributed by atoms with Gasteiger partial charge in [-0.2, -0.15) is 0 Å². The van der Waals surface area contributed by atoms with Gasteiger partial charge in [-0.3, -0.25) is 9.78 Å². The number of pyridine rings is 1. The molecule has 2 rings (SSSR count). The number of aldehydes is 1. The zero-order valence-electron chi connectivity index (χ0n) is 8.15. The first-order chi connectivity index (χ1) is 7.72. The lowest BCUT2D eigenvalue weighted by Gasteiger charge is -2.05. The molecule has 0 atom stereocenters. The summed E-state index contributed by atoms with van der Waals surface area (Å²) in [6.07, 6.45) is 2.33. The molecule has 0 amide bonds. The van der Waals surface area contributed by atoms with Crippen molar-refractivity contribution in [1.29, 1.82) is 0 Å². The minimum absolute atomic E-state index is 0.444. The second-order valence-electron chi connectivity index (χ2n) is 3.19. The number of rotatable bonds is 2. The van der Waals surface area contributed by atoms with E-state index in [0.717, 1.165) is 11.8 Å². The van der Waals surface area contributed by atoms with Gasteiger partial charge in [0, 0.05) is 17.3 Å². The van der Waals surface area contributed by atoms with Crippen molar-refractivity contribution in [2.24, 2.45) is 0 Å². The Labute approximate surface area is 103 Å². The van der Waals surface area contributed by atoms with Crippen molar-refractivity contribution in [3.8, 4) is 11.3 Å². The van der Waals surface area contributed by atoms with Crippen LogP contribution in [0.2, 0.25) is 10.0 Å². The van der Waals surface area contributed by atoms with E-state index in [-0.39, 0.29) is 0 Å². The molecule has 80 valence electrons. The zero-order chi connectivity index (χ0) is 11.5. The average Bonchev–Trinajstić information content (AvgIpc) is 2.33. The standard InChI is InChI=1S/C12H7Cl2NO/c13-10-3-1-2-9(12(10)14)11-6-8(7-16)4-5-15-11/h1-7H. The molecule has 16 heavy (non-hydrogen) atoms. The van der Waals surface area contributed by atoms with Gasteiger partial charge in [-0.15, -0.1) is 0 Å². The average molecular weight is 252 g/mol. The molecule has 0 aliphatic heterocycles. The molecule has 0 radical (unpaired) electrons. The van der Waals surface area contributed by atoms with E-state index < -0.39 is 0 Å². The first-order valence-electron chi connectivity index (χ1n) is 4.58. The first kappa shape index (κ1) is 11.1. The van der Waals surface area contributed by atoms with Gasteiger partial charge in [0.05, 0.1) is 15.7 Å². The number of benzene rings is 1. The fourth-order valence-electron chi connectivity index (χ4n) is 1.37. The molecule has 2 nitrogen and oxygen atoms in total. The Balaban J connectivity index is 2.58. The van der Waals surface area contributed by atoms with Gasteiger partial charge in [-0.05, 0) is 18.2 Å². The van der Waals surface area contributed by atoms with E-state index >= 15 is 0 Å². The Bertz CT molecular complexity index is 540. The number of carbonyl (C=O) groups is 1. The lowest BCUT2D eigenvalue weighted by atomic mass is 10.1. The predicted octanol–water partition coefficient (Wildman–Crippen LogP) is 3.87. The van der Waals surface area contributed by atoms with Crippen molar-refractivity contribution >= 4 is 29.5 Å². The van der Waals surface area contributed by atoms with Crippen LogP contribution in [0.5, 0.6) is 0 Å². The van der Waals surface area contributed by atoms with Crippen LogP contribution in [0.1, 0.15) is 10.4 Å². The highest BCUT2D eigenvalue weighted by atomic mass is 35.5. The van der Waals surface area contributed by atoms with E-state index in [1.54, 1.807) is 30.5 Å². The normalized spacial score (nSPS) is 10.1. The number of halogens is 2. The third kappa shape index (κ3) is 2.08. The van der Waals surface area contributed by atoms with Gasteiger partial charge in [0.2, 0.25) is 0 Å². The summed E-state index contributed by atoms with van der Waals surface area (Å²) in [6.45, 7) is 0. The van der Waals surface area contributed by atoms with Crippen LogP contribution in [0, 0.1) is 0 Å². The Morgan fingerprint density at radius 1 is 1.19 bits per heavy atom. The van der Waals surface area contributed by atoms with Crippen LogP contribution >= 0.6 is 23.2 Å². The van der Waals surface area contributed by atoms with E-state index in [2.05, 4.69) is 4.98 Å². The van der Waals surface area contributed by atoms with Gasteiger partial charge in [0.1, 0.15) is 6.29 Å². The van der Waals surface area contributed by atoms with E-state index in [1.165, 1.54) is 0 Å². The van der Waals surface area contributed by atoms with E-state index in [4.69, 9.17) is 23.2 Å². The highest BCUT2D eigenvalue weighted by Gasteiger charge is 2.08. The summed E-state index contributed by atoms with van der Waals surface area (Å²) in [7, 11) is 0. The van der Waals surface area contributed by atoms with Crippen LogP contribution in [0.25, 0.3) is 11.3 Å². The van der Waals surface area contributed by atoms with Crippen molar-refractivity contribution in [2.45, 2.75) is 0 Å². The molecule has 0 bridgehead atoms. The molecule has 4 heteroatoms. The third-order valence-corrected chi connectivity index (χ3v) is 2.97. The Kier molecular flexibility index (Phi) is 3.22. The third-order valence-electron chi connectivity index (χ3n) is 2.15.